The first-order chi connectivity index (χ1) is 9.93. The average Bonchev–Trinajstić information content (AvgIpc) is 2.55. The van der Waals surface area contributed by atoms with E-state index < -0.39 is 0 Å². The van der Waals surface area contributed by atoms with Crippen molar-refractivity contribution >= 4 is 25.5 Å². The molecule has 0 aliphatic heterocycles. The monoisotopic (exact) mass is 278 g/mol. The van der Waals surface area contributed by atoms with Gasteiger partial charge in [0.15, 0.2) is 0 Å². The summed E-state index contributed by atoms with van der Waals surface area (Å²) in [4.78, 5) is 4.44. The summed E-state index contributed by atoms with van der Waals surface area (Å²) in [5, 5.41) is 0. The smallest absolute Gasteiger partial charge is 0.0811 e. The van der Waals surface area contributed by atoms with Crippen LogP contribution in [-0.4, -0.2) is 4.98 Å². The van der Waals surface area contributed by atoms with Gasteiger partial charge in [0.1, 0.15) is 0 Å². The van der Waals surface area contributed by atoms with Gasteiger partial charge in [0.2, 0.25) is 0 Å². The normalized spacial score (nSPS) is 10.8. The maximum atomic E-state index is 4.44. The van der Waals surface area contributed by atoms with E-state index in [2.05, 4.69) is 64.3 Å². The third-order valence-corrected chi connectivity index (χ3v) is 4.18. The van der Waals surface area contributed by atoms with Crippen LogP contribution in [0.25, 0.3) is 0 Å². The SMILES string of the molecule is c1ccc(N(Pc2ccccn2)c2ccccc2)cc1. The molecule has 0 radical (unpaired) electrons. The van der Waals surface area contributed by atoms with Crippen molar-refractivity contribution in [1.29, 1.82) is 0 Å². The lowest BCUT2D eigenvalue weighted by Gasteiger charge is -2.24. The lowest BCUT2D eigenvalue weighted by atomic mass is 10.3. The summed E-state index contributed by atoms with van der Waals surface area (Å²) in [5.74, 6) is 0. The Kier molecular flexibility index (Phi) is 4.05. The Labute approximate surface area is 120 Å². The summed E-state index contributed by atoms with van der Waals surface area (Å²) in [6.45, 7) is 0. The van der Waals surface area contributed by atoms with Crippen molar-refractivity contribution in [3.63, 3.8) is 0 Å². The molecule has 0 saturated heterocycles. The van der Waals surface area contributed by atoms with Gasteiger partial charge in [0.05, 0.1) is 5.44 Å². The molecule has 2 aromatic carbocycles. The number of anilines is 2. The lowest BCUT2D eigenvalue weighted by Crippen LogP contribution is -2.12. The van der Waals surface area contributed by atoms with Gasteiger partial charge in [-0.1, -0.05) is 42.5 Å². The fraction of sp³-hybridized carbons (Fsp3) is 0. The molecule has 0 spiro atoms. The highest BCUT2D eigenvalue weighted by atomic mass is 31.1. The van der Waals surface area contributed by atoms with Gasteiger partial charge in [-0.05, 0) is 36.4 Å². The van der Waals surface area contributed by atoms with Crippen LogP contribution >= 0.6 is 8.73 Å². The number of para-hydroxylation sites is 2. The summed E-state index contributed by atoms with van der Waals surface area (Å²) >= 11 is 0. The molecule has 3 heteroatoms. The second-order valence-corrected chi connectivity index (χ2v) is 5.52. The van der Waals surface area contributed by atoms with E-state index in [0.29, 0.717) is 8.73 Å². The quantitative estimate of drug-likeness (QED) is 0.667. The standard InChI is InChI=1S/C17H15N2P/c1-3-9-15(10-4-1)19(16-11-5-2-6-12-16)20-17-13-7-8-14-18-17/h1-14,20H. The molecule has 1 aromatic heterocycles. The third kappa shape index (κ3) is 3.04. The maximum Gasteiger partial charge on any atom is 0.0811 e. The highest BCUT2D eigenvalue weighted by molar-refractivity contribution is 7.49. The number of hydrogen-bond donors (Lipinski definition) is 0. The van der Waals surface area contributed by atoms with Crippen molar-refractivity contribution in [2.75, 3.05) is 4.67 Å². The summed E-state index contributed by atoms with van der Waals surface area (Å²) in [6.07, 6.45) is 1.84. The molecule has 0 amide bonds. The van der Waals surface area contributed by atoms with Crippen molar-refractivity contribution in [2.45, 2.75) is 0 Å². The van der Waals surface area contributed by atoms with Crippen LogP contribution in [0.5, 0.6) is 0 Å². The topological polar surface area (TPSA) is 16.1 Å². The van der Waals surface area contributed by atoms with Crippen molar-refractivity contribution in [1.82, 2.24) is 4.98 Å². The maximum absolute atomic E-state index is 4.44. The molecular weight excluding hydrogens is 263 g/mol. The molecule has 1 heterocycles. The van der Waals surface area contributed by atoms with Crippen LogP contribution in [0.15, 0.2) is 85.1 Å². The summed E-state index contributed by atoms with van der Waals surface area (Å²) < 4.78 is 2.29. The van der Waals surface area contributed by atoms with E-state index in [0.717, 1.165) is 5.44 Å². The van der Waals surface area contributed by atoms with Gasteiger partial charge in [0, 0.05) is 26.3 Å². The van der Waals surface area contributed by atoms with E-state index in [1.54, 1.807) is 0 Å². The Morgan fingerprint density at radius 2 is 1.20 bits per heavy atom. The molecule has 3 aromatic rings. The van der Waals surface area contributed by atoms with E-state index >= 15 is 0 Å². The Morgan fingerprint density at radius 3 is 1.70 bits per heavy atom. The van der Waals surface area contributed by atoms with E-state index in [9.17, 15) is 0 Å². The fourth-order valence-electron chi connectivity index (χ4n) is 1.98. The van der Waals surface area contributed by atoms with Crippen molar-refractivity contribution in [2.24, 2.45) is 0 Å². The molecular formula is C17H15N2P. The molecule has 98 valence electrons. The van der Waals surface area contributed by atoms with Gasteiger partial charge in [-0.25, -0.2) is 0 Å². The minimum Gasteiger partial charge on any atom is -0.317 e. The Bertz CT molecular complexity index is 602. The first-order valence-electron chi connectivity index (χ1n) is 6.51. The van der Waals surface area contributed by atoms with Gasteiger partial charge in [-0.15, -0.1) is 0 Å². The summed E-state index contributed by atoms with van der Waals surface area (Å²) in [7, 11) is 0.473. The predicted octanol–water partition coefficient (Wildman–Crippen LogP) is 4.14. The number of pyridine rings is 1. The van der Waals surface area contributed by atoms with Gasteiger partial charge in [-0.2, -0.15) is 0 Å². The summed E-state index contributed by atoms with van der Waals surface area (Å²) in [6, 6.07) is 26.9. The lowest BCUT2D eigenvalue weighted by molar-refractivity contribution is 1.37. The molecule has 0 bridgehead atoms. The number of hydrogen-bond acceptors (Lipinski definition) is 2. The van der Waals surface area contributed by atoms with Crippen LogP contribution in [0, 0.1) is 0 Å². The third-order valence-electron chi connectivity index (χ3n) is 2.92. The van der Waals surface area contributed by atoms with Crippen molar-refractivity contribution in [3.05, 3.63) is 85.1 Å². The molecule has 1 atom stereocenters. The Hall–Kier alpha value is -2.18. The van der Waals surface area contributed by atoms with E-state index in [4.69, 9.17) is 0 Å². The Balaban J connectivity index is 1.96. The summed E-state index contributed by atoms with van der Waals surface area (Å²) in [5.41, 5.74) is 3.45. The van der Waals surface area contributed by atoms with E-state index in [1.165, 1.54) is 11.4 Å². The second kappa shape index (κ2) is 6.31. The van der Waals surface area contributed by atoms with Crippen LogP contribution in [0.4, 0.5) is 11.4 Å². The zero-order valence-electron chi connectivity index (χ0n) is 11.0. The average molecular weight is 278 g/mol. The zero-order chi connectivity index (χ0) is 13.6. The van der Waals surface area contributed by atoms with Gasteiger partial charge >= 0.3 is 0 Å². The number of rotatable bonds is 4. The molecule has 3 rings (SSSR count). The molecule has 0 fully saturated rings. The Morgan fingerprint density at radius 1 is 0.650 bits per heavy atom. The van der Waals surface area contributed by atoms with Crippen LogP contribution in [-0.2, 0) is 0 Å². The fourth-order valence-corrected chi connectivity index (χ4v) is 3.06. The van der Waals surface area contributed by atoms with E-state index in [-0.39, 0.29) is 0 Å². The molecule has 2 nitrogen and oxygen atoms in total. The van der Waals surface area contributed by atoms with E-state index in [1.807, 2.05) is 30.5 Å². The van der Waals surface area contributed by atoms with Crippen LogP contribution in [0.3, 0.4) is 0 Å². The second-order valence-electron chi connectivity index (χ2n) is 4.33. The number of benzene rings is 2. The largest absolute Gasteiger partial charge is 0.317 e. The number of nitrogens with zero attached hydrogens (tertiary/aromatic N) is 2. The van der Waals surface area contributed by atoms with Gasteiger partial charge in [0.25, 0.3) is 0 Å². The predicted molar refractivity (Wildman–Crippen MR) is 87.2 cm³/mol. The van der Waals surface area contributed by atoms with Crippen molar-refractivity contribution < 1.29 is 0 Å². The highest BCUT2D eigenvalue weighted by Gasteiger charge is 2.09. The minimum absolute atomic E-state index is 0.473. The van der Waals surface area contributed by atoms with Gasteiger partial charge in [-0.3, -0.25) is 4.98 Å². The molecule has 20 heavy (non-hydrogen) atoms. The molecule has 0 saturated carbocycles. The van der Waals surface area contributed by atoms with Crippen molar-refractivity contribution in [3.8, 4) is 0 Å². The molecule has 1 unspecified atom stereocenters. The first-order valence-corrected chi connectivity index (χ1v) is 7.46. The molecule has 0 N–H and O–H groups in total. The zero-order valence-corrected chi connectivity index (χ0v) is 12.0. The highest BCUT2D eigenvalue weighted by Crippen LogP contribution is 2.34. The molecule has 0 aliphatic carbocycles. The van der Waals surface area contributed by atoms with Gasteiger partial charge < -0.3 is 4.67 Å². The van der Waals surface area contributed by atoms with Crippen LogP contribution in [0.2, 0.25) is 0 Å². The van der Waals surface area contributed by atoms with Crippen LogP contribution < -0.4 is 10.1 Å². The van der Waals surface area contributed by atoms with Crippen LogP contribution in [0.1, 0.15) is 0 Å². The first kappa shape index (κ1) is 12.8. The number of aromatic nitrogens is 1. The minimum atomic E-state index is 0.473. The molecule has 0 aliphatic rings.